The van der Waals surface area contributed by atoms with Crippen LogP contribution in [-0.4, -0.2) is 37.6 Å². The Morgan fingerprint density at radius 1 is 1.11 bits per heavy atom. The summed E-state index contributed by atoms with van der Waals surface area (Å²) in [6, 6.07) is 8.96. The molecule has 10 heteroatoms. The number of methoxy groups -OCH3 is 2. The normalized spacial score (nSPS) is 10.0. The van der Waals surface area contributed by atoms with Crippen molar-refractivity contribution in [1.82, 2.24) is 0 Å². The van der Waals surface area contributed by atoms with Crippen LogP contribution in [0.5, 0.6) is 11.5 Å². The van der Waals surface area contributed by atoms with Crippen LogP contribution in [0.25, 0.3) is 0 Å². The number of hydrogen-bond acceptors (Lipinski definition) is 7. The molecule has 1 amide bonds. The van der Waals surface area contributed by atoms with Crippen molar-refractivity contribution in [3.05, 3.63) is 56.5 Å². The first-order valence-corrected chi connectivity index (χ1v) is 8.28. The highest BCUT2D eigenvalue weighted by Crippen LogP contribution is 2.34. The lowest BCUT2D eigenvalue weighted by molar-refractivity contribution is -0.385. The van der Waals surface area contributed by atoms with E-state index in [0.717, 1.165) is 16.6 Å². The average Bonchev–Trinajstić information content (AvgIpc) is 2.66. The molecule has 27 heavy (non-hydrogen) atoms. The van der Waals surface area contributed by atoms with Crippen LogP contribution in [0.1, 0.15) is 10.4 Å². The van der Waals surface area contributed by atoms with Gasteiger partial charge in [-0.3, -0.25) is 14.9 Å². The fourth-order valence-corrected chi connectivity index (χ4v) is 2.39. The van der Waals surface area contributed by atoms with Crippen molar-refractivity contribution in [1.29, 1.82) is 0 Å². The number of carbonyl (C=O) groups excluding carboxylic acids is 2. The lowest BCUT2D eigenvalue weighted by Gasteiger charge is -2.10. The second-order valence-electron chi connectivity index (χ2n) is 5.11. The number of carbonyl (C=O) groups is 2. The summed E-state index contributed by atoms with van der Waals surface area (Å²) in [7, 11) is 2.64. The van der Waals surface area contributed by atoms with E-state index in [9.17, 15) is 19.7 Å². The summed E-state index contributed by atoms with van der Waals surface area (Å²) in [6.07, 6.45) is 0. The van der Waals surface area contributed by atoms with E-state index in [1.54, 1.807) is 24.3 Å². The van der Waals surface area contributed by atoms with Crippen LogP contribution in [0.15, 0.2) is 40.9 Å². The third-order valence-electron chi connectivity index (χ3n) is 3.38. The maximum Gasteiger partial charge on any atom is 0.345 e. The van der Waals surface area contributed by atoms with Gasteiger partial charge in [-0.25, -0.2) is 4.79 Å². The number of rotatable bonds is 7. The quantitative estimate of drug-likeness (QED) is 0.400. The van der Waals surface area contributed by atoms with Crippen molar-refractivity contribution >= 4 is 39.2 Å². The monoisotopic (exact) mass is 438 g/mol. The fraction of sp³-hybridized carbons (Fsp3) is 0.176. The van der Waals surface area contributed by atoms with Crippen LogP contribution >= 0.6 is 15.9 Å². The Balaban J connectivity index is 2.11. The standard InChI is InChI=1S/C17H15BrN2O7/c1-25-14-7-12(13(20(23)24)8-15(14)26-2)17(22)27-9-16(21)19-11-5-3-10(18)4-6-11/h3-8H,9H2,1-2H3,(H,19,21). The van der Waals surface area contributed by atoms with Gasteiger partial charge >= 0.3 is 5.97 Å². The van der Waals surface area contributed by atoms with Crippen LogP contribution in [0.2, 0.25) is 0 Å². The Bertz CT molecular complexity index is 868. The van der Waals surface area contributed by atoms with E-state index in [1.807, 2.05) is 0 Å². The first-order valence-electron chi connectivity index (χ1n) is 7.48. The smallest absolute Gasteiger partial charge is 0.345 e. The third-order valence-corrected chi connectivity index (χ3v) is 3.91. The molecule has 9 nitrogen and oxygen atoms in total. The van der Waals surface area contributed by atoms with Crippen molar-refractivity contribution in [2.75, 3.05) is 26.1 Å². The largest absolute Gasteiger partial charge is 0.493 e. The predicted molar refractivity (Wildman–Crippen MR) is 99.3 cm³/mol. The molecule has 2 aromatic rings. The van der Waals surface area contributed by atoms with Gasteiger partial charge in [0.1, 0.15) is 5.56 Å². The van der Waals surface area contributed by atoms with Crippen molar-refractivity contribution in [3.63, 3.8) is 0 Å². The van der Waals surface area contributed by atoms with Gasteiger partial charge in [-0.2, -0.15) is 0 Å². The molecule has 142 valence electrons. The number of nitrogens with one attached hydrogen (secondary N) is 1. The van der Waals surface area contributed by atoms with Gasteiger partial charge in [-0.15, -0.1) is 0 Å². The Kier molecular flexibility index (Phi) is 6.72. The summed E-state index contributed by atoms with van der Waals surface area (Å²) in [6.45, 7) is -0.611. The summed E-state index contributed by atoms with van der Waals surface area (Å²) < 4.78 is 15.8. The predicted octanol–water partition coefficient (Wildman–Crippen LogP) is 3.17. The van der Waals surface area contributed by atoms with Crippen molar-refractivity contribution < 1.29 is 28.7 Å². The van der Waals surface area contributed by atoms with Gasteiger partial charge in [0.2, 0.25) is 0 Å². The van der Waals surface area contributed by atoms with Crippen LogP contribution in [0, 0.1) is 10.1 Å². The number of nitro benzene ring substituents is 1. The Labute approximate surface area is 162 Å². The molecule has 0 fully saturated rings. The van der Waals surface area contributed by atoms with Gasteiger partial charge in [-0.05, 0) is 24.3 Å². The van der Waals surface area contributed by atoms with Gasteiger partial charge in [0.25, 0.3) is 11.6 Å². The lowest BCUT2D eigenvalue weighted by Crippen LogP contribution is -2.21. The molecule has 0 heterocycles. The summed E-state index contributed by atoms with van der Waals surface area (Å²) in [5.74, 6) is -1.41. The topological polar surface area (TPSA) is 117 Å². The molecule has 0 aliphatic carbocycles. The number of hydrogen-bond donors (Lipinski definition) is 1. The molecule has 0 aliphatic heterocycles. The second kappa shape index (κ2) is 8.99. The molecular formula is C17H15BrN2O7. The molecule has 0 saturated carbocycles. The third kappa shape index (κ3) is 5.17. The number of nitrogens with zero attached hydrogens (tertiary/aromatic N) is 1. The van der Waals surface area contributed by atoms with Crippen LogP contribution in [0.4, 0.5) is 11.4 Å². The second-order valence-corrected chi connectivity index (χ2v) is 6.03. The number of benzene rings is 2. The van der Waals surface area contributed by atoms with E-state index in [0.29, 0.717) is 5.69 Å². The van der Waals surface area contributed by atoms with E-state index in [1.165, 1.54) is 14.2 Å². The molecule has 0 bridgehead atoms. The fourth-order valence-electron chi connectivity index (χ4n) is 2.12. The van der Waals surface area contributed by atoms with Crippen LogP contribution in [0.3, 0.4) is 0 Å². The van der Waals surface area contributed by atoms with Gasteiger partial charge in [-0.1, -0.05) is 15.9 Å². The number of nitro groups is 1. The van der Waals surface area contributed by atoms with Crippen molar-refractivity contribution in [2.45, 2.75) is 0 Å². The zero-order valence-electron chi connectivity index (χ0n) is 14.4. The Morgan fingerprint density at radius 2 is 1.70 bits per heavy atom. The number of halogens is 1. The minimum absolute atomic E-state index is 0.0914. The molecule has 2 rings (SSSR count). The Morgan fingerprint density at radius 3 is 2.26 bits per heavy atom. The molecule has 2 aromatic carbocycles. The Hall–Kier alpha value is -3.14. The molecule has 0 atom stereocenters. The van der Waals surface area contributed by atoms with E-state index in [4.69, 9.17) is 14.2 Å². The van der Waals surface area contributed by atoms with Crippen molar-refractivity contribution in [3.8, 4) is 11.5 Å². The van der Waals surface area contributed by atoms with Gasteiger partial charge < -0.3 is 19.5 Å². The first-order chi connectivity index (χ1) is 12.8. The summed E-state index contributed by atoms with van der Waals surface area (Å²) in [5.41, 5.74) is -0.364. The van der Waals surface area contributed by atoms with E-state index >= 15 is 0 Å². The van der Waals surface area contributed by atoms with E-state index < -0.39 is 29.1 Å². The average molecular weight is 439 g/mol. The minimum Gasteiger partial charge on any atom is -0.493 e. The van der Waals surface area contributed by atoms with E-state index in [-0.39, 0.29) is 17.1 Å². The molecule has 0 spiro atoms. The summed E-state index contributed by atoms with van der Waals surface area (Å²) >= 11 is 3.27. The number of amides is 1. The van der Waals surface area contributed by atoms with Gasteiger partial charge in [0, 0.05) is 16.2 Å². The maximum absolute atomic E-state index is 12.2. The molecule has 0 radical (unpaired) electrons. The first kappa shape index (κ1) is 20.2. The number of ether oxygens (including phenoxy) is 3. The lowest BCUT2D eigenvalue weighted by atomic mass is 10.1. The zero-order chi connectivity index (χ0) is 20.0. The van der Waals surface area contributed by atoms with Crippen molar-refractivity contribution in [2.24, 2.45) is 0 Å². The molecule has 0 unspecified atom stereocenters. The maximum atomic E-state index is 12.2. The van der Waals surface area contributed by atoms with Gasteiger partial charge in [0.15, 0.2) is 18.1 Å². The number of anilines is 1. The SMILES string of the molecule is COc1cc(C(=O)OCC(=O)Nc2ccc(Br)cc2)c([N+](=O)[O-])cc1OC. The molecular weight excluding hydrogens is 424 g/mol. The summed E-state index contributed by atoms with van der Waals surface area (Å²) in [5, 5.41) is 13.8. The minimum atomic E-state index is -1.03. The summed E-state index contributed by atoms with van der Waals surface area (Å²) in [4.78, 5) is 34.6. The molecule has 0 saturated heterocycles. The van der Waals surface area contributed by atoms with Crippen LogP contribution < -0.4 is 14.8 Å². The van der Waals surface area contributed by atoms with Gasteiger partial charge in [0.05, 0.1) is 25.2 Å². The highest BCUT2D eigenvalue weighted by Gasteiger charge is 2.26. The zero-order valence-corrected chi connectivity index (χ0v) is 15.9. The highest BCUT2D eigenvalue weighted by molar-refractivity contribution is 9.10. The van der Waals surface area contributed by atoms with E-state index in [2.05, 4.69) is 21.2 Å². The molecule has 1 N–H and O–H groups in total. The van der Waals surface area contributed by atoms with Crippen LogP contribution in [-0.2, 0) is 9.53 Å². The number of esters is 1. The molecule has 0 aromatic heterocycles. The molecule has 0 aliphatic rings. The highest BCUT2D eigenvalue weighted by atomic mass is 79.9.